The molecule has 2 atom stereocenters. The van der Waals surface area contributed by atoms with Crippen LogP contribution in [0, 0.1) is 5.82 Å². The number of aromatic carboxylic acids is 1. The molecule has 1 saturated heterocycles. The Kier molecular flexibility index (Phi) is 4.76. The first kappa shape index (κ1) is 17.0. The standard InChI is InChI=1S/C18H17FN2O4/c1-11-9-21(10-16(25-11)12-2-4-14(19)5-3-12)17(22)15-8-13(18(23)24)6-7-20-15/h2-8,11,16H,9-10H2,1H3,(H,23,24). The largest absolute Gasteiger partial charge is 0.478 e. The van der Waals surface area contributed by atoms with Crippen molar-refractivity contribution in [3.05, 3.63) is 65.2 Å². The molecule has 25 heavy (non-hydrogen) atoms. The molecular weight excluding hydrogens is 327 g/mol. The highest BCUT2D eigenvalue weighted by Gasteiger charge is 2.30. The Bertz CT molecular complexity index is 794. The molecule has 0 saturated carbocycles. The molecule has 1 fully saturated rings. The smallest absolute Gasteiger partial charge is 0.335 e. The highest BCUT2D eigenvalue weighted by Crippen LogP contribution is 2.26. The van der Waals surface area contributed by atoms with Crippen molar-refractivity contribution >= 4 is 11.9 Å². The van der Waals surface area contributed by atoms with E-state index in [1.165, 1.54) is 30.5 Å². The molecule has 1 amide bonds. The van der Waals surface area contributed by atoms with Crippen LogP contribution in [0.2, 0.25) is 0 Å². The highest BCUT2D eigenvalue weighted by atomic mass is 19.1. The van der Waals surface area contributed by atoms with Gasteiger partial charge >= 0.3 is 5.97 Å². The number of aromatic nitrogens is 1. The minimum atomic E-state index is -1.11. The van der Waals surface area contributed by atoms with Crippen molar-refractivity contribution in [1.82, 2.24) is 9.88 Å². The summed E-state index contributed by atoms with van der Waals surface area (Å²) in [6.45, 7) is 2.50. The van der Waals surface area contributed by atoms with E-state index in [4.69, 9.17) is 9.84 Å². The number of pyridine rings is 1. The van der Waals surface area contributed by atoms with Crippen LogP contribution >= 0.6 is 0 Å². The fourth-order valence-corrected chi connectivity index (χ4v) is 2.82. The second kappa shape index (κ2) is 6.98. The summed E-state index contributed by atoms with van der Waals surface area (Å²) in [5, 5.41) is 9.05. The SMILES string of the molecule is CC1CN(C(=O)c2cc(C(=O)O)ccn2)CC(c2ccc(F)cc2)O1. The van der Waals surface area contributed by atoms with E-state index < -0.39 is 5.97 Å². The van der Waals surface area contributed by atoms with Crippen LogP contribution in [0.25, 0.3) is 0 Å². The lowest BCUT2D eigenvalue weighted by molar-refractivity contribution is -0.0693. The third kappa shape index (κ3) is 3.83. The fourth-order valence-electron chi connectivity index (χ4n) is 2.82. The van der Waals surface area contributed by atoms with Gasteiger partial charge in [-0.25, -0.2) is 9.18 Å². The molecule has 2 unspecified atom stereocenters. The van der Waals surface area contributed by atoms with Gasteiger partial charge in [0.15, 0.2) is 0 Å². The van der Waals surface area contributed by atoms with E-state index in [0.717, 1.165) is 5.56 Å². The van der Waals surface area contributed by atoms with Crippen LogP contribution in [0.3, 0.4) is 0 Å². The van der Waals surface area contributed by atoms with Crippen molar-refractivity contribution in [1.29, 1.82) is 0 Å². The molecule has 7 heteroatoms. The monoisotopic (exact) mass is 344 g/mol. The van der Waals surface area contributed by atoms with E-state index >= 15 is 0 Å². The molecule has 6 nitrogen and oxygen atoms in total. The molecule has 2 heterocycles. The maximum Gasteiger partial charge on any atom is 0.335 e. The Morgan fingerprint density at radius 3 is 2.64 bits per heavy atom. The van der Waals surface area contributed by atoms with Crippen molar-refractivity contribution in [3.63, 3.8) is 0 Å². The number of rotatable bonds is 3. The molecule has 1 aromatic heterocycles. The second-order valence-electron chi connectivity index (χ2n) is 5.93. The first-order valence-corrected chi connectivity index (χ1v) is 7.83. The lowest BCUT2D eigenvalue weighted by atomic mass is 10.1. The van der Waals surface area contributed by atoms with E-state index in [1.54, 1.807) is 17.0 Å². The molecular formula is C18H17FN2O4. The summed E-state index contributed by atoms with van der Waals surface area (Å²) in [5.41, 5.74) is 0.861. The molecule has 1 aliphatic rings. The number of amides is 1. The van der Waals surface area contributed by atoms with Gasteiger partial charge in [0.1, 0.15) is 17.6 Å². The summed E-state index contributed by atoms with van der Waals surface area (Å²) in [6.07, 6.45) is 0.712. The number of morpholine rings is 1. The van der Waals surface area contributed by atoms with Crippen LogP contribution in [0.15, 0.2) is 42.6 Å². The van der Waals surface area contributed by atoms with Gasteiger partial charge in [0.25, 0.3) is 5.91 Å². The van der Waals surface area contributed by atoms with Crippen LogP contribution in [-0.2, 0) is 4.74 Å². The van der Waals surface area contributed by atoms with Gasteiger partial charge in [0.05, 0.1) is 18.2 Å². The van der Waals surface area contributed by atoms with Gasteiger partial charge in [-0.05, 0) is 36.8 Å². The van der Waals surface area contributed by atoms with Crippen molar-refractivity contribution in [2.45, 2.75) is 19.1 Å². The van der Waals surface area contributed by atoms with Gasteiger partial charge in [0.2, 0.25) is 0 Å². The summed E-state index contributed by atoms with van der Waals surface area (Å²) < 4.78 is 19.0. The maximum absolute atomic E-state index is 13.1. The third-order valence-corrected chi connectivity index (χ3v) is 4.02. The zero-order valence-corrected chi connectivity index (χ0v) is 13.6. The van der Waals surface area contributed by atoms with E-state index in [-0.39, 0.29) is 41.7 Å². The molecule has 1 N–H and O–H groups in total. The first-order chi connectivity index (χ1) is 11.9. The summed E-state index contributed by atoms with van der Waals surface area (Å²) in [5.74, 6) is -1.81. The molecule has 2 aromatic rings. The zero-order valence-electron chi connectivity index (χ0n) is 13.6. The molecule has 0 radical (unpaired) electrons. The minimum Gasteiger partial charge on any atom is -0.478 e. The normalized spacial score (nSPS) is 20.3. The van der Waals surface area contributed by atoms with Gasteiger partial charge in [-0.1, -0.05) is 12.1 Å². The van der Waals surface area contributed by atoms with Gasteiger partial charge in [-0.15, -0.1) is 0 Å². The Balaban J connectivity index is 1.81. The van der Waals surface area contributed by atoms with Crippen molar-refractivity contribution in [3.8, 4) is 0 Å². The van der Waals surface area contributed by atoms with Crippen molar-refractivity contribution in [2.75, 3.05) is 13.1 Å². The van der Waals surface area contributed by atoms with Crippen LogP contribution in [0.5, 0.6) is 0 Å². The number of carbonyl (C=O) groups is 2. The van der Waals surface area contributed by atoms with Gasteiger partial charge in [-0.3, -0.25) is 9.78 Å². The number of ether oxygens (including phenoxy) is 1. The zero-order chi connectivity index (χ0) is 18.0. The predicted molar refractivity (Wildman–Crippen MR) is 86.8 cm³/mol. The Morgan fingerprint density at radius 1 is 1.24 bits per heavy atom. The first-order valence-electron chi connectivity index (χ1n) is 7.83. The molecule has 0 aliphatic carbocycles. The predicted octanol–water partition coefficient (Wildman–Crippen LogP) is 2.52. The summed E-state index contributed by atoms with van der Waals surface area (Å²) in [6, 6.07) is 8.55. The van der Waals surface area contributed by atoms with E-state index in [9.17, 15) is 14.0 Å². The number of halogens is 1. The topological polar surface area (TPSA) is 79.7 Å². The minimum absolute atomic E-state index is 0.00902. The lowest BCUT2D eigenvalue weighted by Crippen LogP contribution is -2.46. The quantitative estimate of drug-likeness (QED) is 0.925. The lowest BCUT2D eigenvalue weighted by Gasteiger charge is -2.37. The number of carbonyl (C=O) groups excluding carboxylic acids is 1. The number of benzene rings is 1. The molecule has 1 aliphatic heterocycles. The van der Waals surface area contributed by atoms with E-state index in [0.29, 0.717) is 6.54 Å². The molecule has 3 rings (SSSR count). The molecule has 1 aromatic carbocycles. The third-order valence-electron chi connectivity index (χ3n) is 4.02. The van der Waals surface area contributed by atoms with Crippen LogP contribution in [-0.4, -0.2) is 46.1 Å². The number of hydrogen-bond acceptors (Lipinski definition) is 4. The van der Waals surface area contributed by atoms with Gasteiger partial charge < -0.3 is 14.7 Å². The molecule has 0 bridgehead atoms. The highest BCUT2D eigenvalue weighted by molar-refractivity contribution is 5.95. The number of nitrogens with zero attached hydrogens (tertiary/aromatic N) is 2. The van der Waals surface area contributed by atoms with E-state index in [1.807, 2.05) is 6.92 Å². The summed E-state index contributed by atoms with van der Waals surface area (Å²) >= 11 is 0. The fraction of sp³-hybridized carbons (Fsp3) is 0.278. The Labute approximate surface area is 143 Å². The average Bonchev–Trinajstić information content (AvgIpc) is 2.61. The van der Waals surface area contributed by atoms with Crippen LogP contribution in [0.1, 0.15) is 39.4 Å². The Hall–Kier alpha value is -2.80. The van der Waals surface area contributed by atoms with Gasteiger partial charge in [-0.2, -0.15) is 0 Å². The number of hydrogen-bond donors (Lipinski definition) is 1. The summed E-state index contributed by atoms with van der Waals surface area (Å²) in [7, 11) is 0. The number of carboxylic acid groups (broad SMARTS) is 1. The van der Waals surface area contributed by atoms with Crippen molar-refractivity contribution < 1.29 is 23.8 Å². The Morgan fingerprint density at radius 2 is 1.96 bits per heavy atom. The van der Waals surface area contributed by atoms with Crippen molar-refractivity contribution in [2.24, 2.45) is 0 Å². The van der Waals surface area contributed by atoms with Gasteiger partial charge in [0, 0.05) is 12.7 Å². The maximum atomic E-state index is 13.1. The average molecular weight is 344 g/mol. The van der Waals surface area contributed by atoms with Crippen LogP contribution in [0.4, 0.5) is 4.39 Å². The number of carboxylic acids is 1. The summed E-state index contributed by atoms with van der Waals surface area (Å²) in [4.78, 5) is 29.3. The van der Waals surface area contributed by atoms with Crippen LogP contribution < -0.4 is 0 Å². The van der Waals surface area contributed by atoms with E-state index in [2.05, 4.69) is 4.98 Å². The molecule has 130 valence electrons. The second-order valence-corrected chi connectivity index (χ2v) is 5.93. The molecule has 0 spiro atoms.